The molecule has 13 heteroatoms. The Morgan fingerprint density at radius 3 is 1.54 bits per heavy atom. The molecule has 0 amide bonds. The average Bonchev–Trinajstić information content (AvgIpc) is 4.08. The number of aldehydes is 3. The van der Waals surface area contributed by atoms with Crippen LogP contribution in [0.5, 0.6) is 23.0 Å². The Hall–Kier alpha value is -8.97. The molecule has 0 aliphatic rings. The maximum atomic E-state index is 11.9. The summed E-state index contributed by atoms with van der Waals surface area (Å²) in [4.78, 5) is 55.7. The van der Waals surface area contributed by atoms with Crippen molar-refractivity contribution in [2.75, 3.05) is 0 Å². The maximum absolute atomic E-state index is 11.9. The second kappa shape index (κ2) is 23.1. The Morgan fingerprint density at radius 2 is 1.01 bits per heavy atom. The summed E-state index contributed by atoms with van der Waals surface area (Å²) < 4.78 is 20.8. The molecule has 0 saturated heterocycles. The van der Waals surface area contributed by atoms with Crippen LogP contribution in [0.2, 0.25) is 0 Å². The first-order chi connectivity index (χ1) is 32.3. The highest BCUT2D eigenvalue weighted by Crippen LogP contribution is 2.37. The van der Waals surface area contributed by atoms with Gasteiger partial charge in [-0.2, -0.15) is 0 Å². The number of aromatic hydroxyl groups is 4. The van der Waals surface area contributed by atoms with Crippen LogP contribution in [0.15, 0.2) is 146 Å². The minimum atomic E-state index is -0.385. The summed E-state index contributed by atoms with van der Waals surface area (Å²) >= 11 is 0. The van der Waals surface area contributed by atoms with E-state index in [2.05, 4.69) is 0 Å². The van der Waals surface area contributed by atoms with Gasteiger partial charge in [-0.25, -0.2) is 0 Å². The van der Waals surface area contributed by atoms with Gasteiger partial charge in [-0.05, 0) is 80.8 Å². The minimum absolute atomic E-state index is 0.0995. The van der Waals surface area contributed by atoms with Crippen LogP contribution in [0.1, 0.15) is 103 Å². The number of rotatable bonds is 11. The summed E-state index contributed by atoms with van der Waals surface area (Å²) in [5, 5.41) is 40.4. The summed E-state index contributed by atoms with van der Waals surface area (Å²) in [5.74, 6) is -1.04. The topological polar surface area (TPSA) is 219 Å². The fourth-order valence-corrected chi connectivity index (χ4v) is 6.51. The monoisotopic (exact) mass is 902 g/mol. The fourth-order valence-electron chi connectivity index (χ4n) is 6.51. The van der Waals surface area contributed by atoms with Crippen LogP contribution >= 0.6 is 0 Å². The van der Waals surface area contributed by atoms with E-state index in [0.717, 1.165) is 17.2 Å². The van der Waals surface area contributed by atoms with E-state index < -0.39 is 0 Å². The number of furan rings is 4. The molecule has 0 spiro atoms. The number of hydrogen-bond acceptors (Lipinski definition) is 13. The van der Waals surface area contributed by atoms with Gasteiger partial charge in [-0.15, -0.1) is 0 Å². The van der Waals surface area contributed by atoms with E-state index in [0.29, 0.717) is 67.7 Å². The lowest BCUT2D eigenvalue weighted by Crippen LogP contribution is -1.96. The molecule has 0 atom stereocenters. The number of carbonyl (C=O) groups is 5. The third-order valence-corrected chi connectivity index (χ3v) is 9.74. The van der Waals surface area contributed by atoms with Gasteiger partial charge in [0, 0.05) is 12.5 Å². The number of carbonyl (C=O) groups excluding carboxylic acids is 5. The Labute approximate surface area is 383 Å². The second-order valence-corrected chi connectivity index (χ2v) is 14.3. The van der Waals surface area contributed by atoms with Crippen molar-refractivity contribution in [3.63, 3.8) is 0 Å². The molecule has 0 radical (unpaired) electrons. The number of benzene rings is 4. The molecule has 0 bridgehead atoms. The number of hydrogen-bond donors (Lipinski definition) is 4. The molecular weight excluding hydrogens is 857 g/mol. The van der Waals surface area contributed by atoms with Crippen LogP contribution in [-0.4, -0.2) is 50.9 Å². The fraction of sp³-hybridized carbons (Fsp3) is 0.0926. The van der Waals surface area contributed by atoms with Crippen LogP contribution in [0.4, 0.5) is 0 Å². The van der Waals surface area contributed by atoms with Gasteiger partial charge in [-0.3, -0.25) is 24.0 Å². The zero-order valence-electron chi connectivity index (χ0n) is 37.1. The molecule has 0 aliphatic carbocycles. The molecular formula is C54H46O13. The Kier molecular flexibility index (Phi) is 16.9. The van der Waals surface area contributed by atoms with Crippen molar-refractivity contribution in [1.82, 2.24) is 0 Å². The predicted octanol–water partition coefficient (Wildman–Crippen LogP) is 13.2. The number of allylic oxidation sites excluding steroid dienone is 9. The highest BCUT2D eigenvalue weighted by molar-refractivity contribution is 6.11. The Bertz CT molecular complexity index is 3280. The van der Waals surface area contributed by atoms with Gasteiger partial charge >= 0.3 is 0 Å². The van der Waals surface area contributed by atoms with Crippen molar-refractivity contribution < 1.29 is 62.1 Å². The van der Waals surface area contributed by atoms with Crippen molar-refractivity contribution in [3.05, 3.63) is 173 Å². The zero-order chi connectivity index (χ0) is 48.6. The number of fused-ring (bicyclic) bond motifs is 4. The van der Waals surface area contributed by atoms with Gasteiger partial charge in [0.15, 0.2) is 47.1 Å². The van der Waals surface area contributed by atoms with E-state index >= 15 is 0 Å². The standard InChI is InChI=1S/C17H16O4.C15H12O4.C13H12O2.C9H6O3/c1-4-5-6-7-12-8-9-13-15(20)16(11(3)19)21-17(13)14(12)10(2)18;1-2-3-4-5-10-6-7-11-14(18)13(9-17)19-15(11)12(10)8-16;1-2-3-4-5-10-6-7-11-12(14)9-15-13(11)8-10;10-4-6-1-2-7-8(11)5-12-9(7)3-6/h4-9,20H,1-3H3;2-9,18H,1H3;2-9,14H,1H3;1-5,11H/b5-4+,7-6+;2*3-2+,5-4+;. The lowest BCUT2D eigenvalue weighted by Gasteiger charge is -2.02. The van der Waals surface area contributed by atoms with Crippen LogP contribution in [0.25, 0.3) is 62.1 Å². The number of ketones is 2. The molecule has 0 aliphatic heterocycles. The van der Waals surface area contributed by atoms with Crippen molar-refractivity contribution in [2.45, 2.75) is 34.6 Å². The second-order valence-electron chi connectivity index (χ2n) is 14.3. The molecule has 8 rings (SSSR count). The quantitative estimate of drug-likeness (QED) is 0.0540. The first-order valence-electron chi connectivity index (χ1n) is 20.5. The van der Waals surface area contributed by atoms with Gasteiger partial charge < -0.3 is 38.1 Å². The Balaban J connectivity index is 0.000000170. The average molecular weight is 903 g/mol. The van der Waals surface area contributed by atoms with Crippen molar-refractivity contribution in [3.8, 4) is 23.0 Å². The Morgan fingerprint density at radius 1 is 0.507 bits per heavy atom. The van der Waals surface area contributed by atoms with Crippen LogP contribution in [-0.2, 0) is 0 Å². The molecule has 4 aromatic carbocycles. The molecule has 340 valence electrons. The molecule has 4 heterocycles. The van der Waals surface area contributed by atoms with Gasteiger partial charge in [0.2, 0.25) is 11.5 Å². The van der Waals surface area contributed by atoms with Gasteiger partial charge in [0.25, 0.3) is 0 Å². The molecule has 4 N–H and O–H groups in total. The highest BCUT2D eigenvalue weighted by atomic mass is 16.4. The maximum Gasteiger partial charge on any atom is 0.212 e. The first kappa shape index (κ1) is 49.1. The molecule has 0 fully saturated rings. The minimum Gasteiger partial charge on any atom is -0.504 e. The van der Waals surface area contributed by atoms with Gasteiger partial charge in [0.05, 0.1) is 32.7 Å². The molecule has 0 saturated carbocycles. The smallest absolute Gasteiger partial charge is 0.212 e. The normalized spacial score (nSPS) is 11.5. The van der Waals surface area contributed by atoms with Crippen molar-refractivity contribution in [2.24, 2.45) is 0 Å². The van der Waals surface area contributed by atoms with Gasteiger partial charge in [-0.1, -0.05) is 97.2 Å². The number of Topliss-reactive ketones (excluding diaryl/α,β-unsaturated/α-hetero) is 2. The van der Waals surface area contributed by atoms with Crippen LogP contribution in [0.3, 0.4) is 0 Å². The summed E-state index contributed by atoms with van der Waals surface area (Å²) in [6.45, 7) is 8.48. The summed E-state index contributed by atoms with van der Waals surface area (Å²) in [5.41, 5.74) is 5.28. The molecule has 13 nitrogen and oxygen atoms in total. The van der Waals surface area contributed by atoms with E-state index in [1.54, 1.807) is 60.7 Å². The lowest BCUT2D eigenvalue weighted by molar-refractivity contribution is 0.0979. The van der Waals surface area contributed by atoms with Crippen molar-refractivity contribution in [1.29, 1.82) is 0 Å². The summed E-state index contributed by atoms with van der Waals surface area (Å²) in [7, 11) is 0. The first-order valence-corrected chi connectivity index (χ1v) is 20.5. The third kappa shape index (κ3) is 11.6. The third-order valence-electron chi connectivity index (χ3n) is 9.74. The lowest BCUT2D eigenvalue weighted by atomic mass is 10.0. The van der Waals surface area contributed by atoms with Crippen LogP contribution < -0.4 is 0 Å². The SMILES string of the molecule is C/C=C/C=C/c1ccc2c(O)c(C(C)=O)oc2c1C(C)=O.C/C=C/C=C/c1ccc2c(O)c(C=O)oc2c1C=O.C/C=C/C=C/c1ccc2c(O)coc2c1.O=Cc1ccc2c(O)coc2c1. The predicted molar refractivity (Wildman–Crippen MR) is 259 cm³/mol. The van der Waals surface area contributed by atoms with Gasteiger partial charge in [0.1, 0.15) is 41.1 Å². The van der Waals surface area contributed by atoms with E-state index in [4.69, 9.17) is 17.7 Å². The largest absolute Gasteiger partial charge is 0.504 e. The van der Waals surface area contributed by atoms with E-state index in [9.17, 15) is 44.4 Å². The summed E-state index contributed by atoms with van der Waals surface area (Å²) in [6.07, 6.45) is 26.8. The highest BCUT2D eigenvalue weighted by Gasteiger charge is 2.22. The van der Waals surface area contributed by atoms with Crippen molar-refractivity contribution >= 4 is 92.5 Å². The summed E-state index contributed by atoms with van der Waals surface area (Å²) in [6, 6.07) is 17.2. The molecule has 8 aromatic rings. The molecule has 0 unspecified atom stereocenters. The van der Waals surface area contributed by atoms with E-state index in [-0.39, 0.29) is 57.3 Å². The van der Waals surface area contributed by atoms with E-state index in [1.807, 2.05) is 93.7 Å². The van der Waals surface area contributed by atoms with E-state index in [1.165, 1.54) is 26.4 Å². The van der Waals surface area contributed by atoms with Crippen LogP contribution in [0, 0.1) is 0 Å². The molecule has 67 heavy (non-hydrogen) atoms. The zero-order valence-corrected chi connectivity index (χ0v) is 37.1. The molecule has 4 aromatic heterocycles.